The molecule has 100 valence electrons. The van der Waals surface area contributed by atoms with Crippen LogP contribution in [-0.4, -0.2) is 23.7 Å². The second-order valence-corrected chi connectivity index (χ2v) is 4.94. The Morgan fingerprint density at radius 2 is 2.28 bits per heavy atom. The van der Waals surface area contributed by atoms with Crippen molar-refractivity contribution in [1.82, 2.24) is 5.32 Å². The number of ether oxygens (including phenoxy) is 1. The number of hydrogen-bond acceptors (Lipinski definition) is 3. The van der Waals surface area contributed by atoms with Gasteiger partial charge in [0, 0.05) is 16.6 Å². The summed E-state index contributed by atoms with van der Waals surface area (Å²) in [7, 11) is 0. The van der Waals surface area contributed by atoms with Crippen molar-refractivity contribution < 1.29 is 14.6 Å². The van der Waals surface area contributed by atoms with Crippen molar-refractivity contribution in [2.75, 3.05) is 6.54 Å². The second kappa shape index (κ2) is 7.38. The van der Waals surface area contributed by atoms with E-state index >= 15 is 0 Å². The molecule has 0 radical (unpaired) electrons. The first kappa shape index (κ1) is 15.0. The van der Waals surface area contributed by atoms with Crippen LogP contribution in [0.3, 0.4) is 0 Å². The number of nitrogens with one attached hydrogen (secondary N) is 1. The number of aliphatic carboxylic acids is 1. The van der Waals surface area contributed by atoms with Gasteiger partial charge in [-0.15, -0.1) is 0 Å². The van der Waals surface area contributed by atoms with Crippen molar-refractivity contribution in [2.24, 2.45) is 0 Å². The van der Waals surface area contributed by atoms with Gasteiger partial charge in [-0.1, -0.05) is 22.9 Å². The molecule has 1 atom stereocenters. The lowest BCUT2D eigenvalue weighted by Gasteiger charge is -2.15. The number of rotatable bonds is 7. The minimum atomic E-state index is -0.967. The number of carboxylic acids is 1. The Labute approximate surface area is 115 Å². The molecule has 0 aliphatic rings. The van der Waals surface area contributed by atoms with Crippen LogP contribution in [0.5, 0.6) is 5.75 Å². The highest BCUT2D eigenvalue weighted by atomic mass is 79.9. The summed E-state index contributed by atoms with van der Waals surface area (Å²) >= 11 is 3.40. The third-order valence-corrected chi connectivity index (χ3v) is 2.91. The SMILES string of the molecule is CCCNCc1cc(Br)ccc1OC(C)C(=O)O. The molecule has 1 aromatic carbocycles. The second-order valence-electron chi connectivity index (χ2n) is 4.03. The van der Waals surface area contributed by atoms with Crippen molar-refractivity contribution >= 4 is 21.9 Å². The van der Waals surface area contributed by atoms with Crippen molar-refractivity contribution in [3.63, 3.8) is 0 Å². The fourth-order valence-electron chi connectivity index (χ4n) is 1.44. The van der Waals surface area contributed by atoms with Crippen LogP contribution >= 0.6 is 15.9 Å². The molecule has 0 fully saturated rings. The Bertz CT molecular complexity index is 409. The van der Waals surface area contributed by atoms with E-state index in [-0.39, 0.29) is 0 Å². The lowest BCUT2D eigenvalue weighted by Crippen LogP contribution is -2.24. The summed E-state index contributed by atoms with van der Waals surface area (Å²) in [6.45, 7) is 5.20. The Morgan fingerprint density at radius 3 is 2.89 bits per heavy atom. The van der Waals surface area contributed by atoms with Crippen LogP contribution in [0, 0.1) is 0 Å². The van der Waals surface area contributed by atoms with E-state index in [1.807, 2.05) is 12.1 Å². The predicted octanol–water partition coefficient (Wildman–Crippen LogP) is 2.80. The molecule has 2 N–H and O–H groups in total. The van der Waals surface area contributed by atoms with Gasteiger partial charge in [0.1, 0.15) is 5.75 Å². The summed E-state index contributed by atoms with van der Waals surface area (Å²) < 4.78 is 6.38. The minimum absolute atomic E-state index is 0.608. The van der Waals surface area contributed by atoms with E-state index in [1.54, 1.807) is 6.07 Å². The summed E-state index contributed by atoms with van der Waals surface area (Å²) in [5.74, 6) is -0.359. The van der Waals surface area contributed by atoms with Gasteiger partial charge in [-0.3, -0.25) is 0 Å². The van der Waals surface area contributed by atoms with Crippen LogP contribution in [0.15, 0.2) is 22.7 Å². The van der Waals surface area contributed by atoms with Crippen LogP contribution in [0.1, 0.15) is 25.8 Å². The zero-order valence-electron chi connectivity index (χ0n) is 10.6. The highest BCUT2D eigenvalue weighted by molar-refractivity contribution is 9.10. The van der Waals surface area contributed by atoms with Gasteiger partial charge in [0.15, 0.2) is 6.10 Å². The standard InChI is InChI=1S/C13H18BrNO3/c1-3-6-15-8-10-7-11(14)4-5-12(10)18-9(2)13(16)17/h4-5,7,9,15H,3,6,8H2,1-2H3,(H,16,17). The smallest absolute Gasteiger partial charge is 0.344 e. The number of benzene rings is 1. The van der Waals surface area contributed by atoms with Crippen LogP contribution in [-0.2, 0) is 11.3 Å². The van der Waals surface area contributed by atoms with Crippen LogP contribution in [0.25, 0.3) is 0 Å². The van der Waals surface area contributed by atoms with Crippen molar-refractivity contribution in [1.29, 1.82) is 0 Å². The summed E-state index contributed by atoms with van der Waals surface area (Å²) in [5, 5.41) is 12.1. The highest BCUT2D eigenvalue weighted by Gasteiger charge is 2.14. The minimum Gasteiger partial charge on any atom is -0.479 e. The molecule has 0 saturated heterocycles. The number of halogens is 1. The molecule has 0 heterocycles. The largest absolute Gasteiger partial charge is 0.479 e. The van der Waals surface area contributed by atoms with E-state index in [0.29, 0.717) is 12.3 Å². The Morgan fingerprint density at radius 1 is 1.56 bits per heavy atom. The van der Waals surface area contributed by atoms with Gasteiger partial charge in [-0.25, -0.2) is 4.79 Å². The maximum atomic E-state index is 10.8. The molecule has 4 nitrogen and oxygen atoms in total. The zero-order chi connectivity index (χ0) is 13.5. The maximum absolute atomic E-state index is 10.8. The van der Waals surface area contributed by atoms with E-state index in [2.05, 4.69) is 28.2 Å². The van der Waals surface area contributed by atoms with Crippen molar-refractivity contribution in [3.8, 4) is 5.75 Å². The van der Waals surface area contributed by atoms with Crippen molar-refractivity contribution in [3.05, 3.63) is 28.2 Å². The molecule has 0 saturated carbocycles. The molecule has 1 unspecified atom stereocenters. The van der Waals surface area contributed by atoms with Gasteiger partial charge < -0.3 is 15.2 Å². The summed E-state index contributed by atoms with van der Waals surface area (Å²) in [6.07, 6.45) is 0.200. The topological polar surface area (TPSA) is 58.6 Å². The summed E-state index contributed by atoms with van der Waals surface area (Å²) in [6, 6.07) is 5.56. The predicted molar refractivity (Wildman–Crippen MR) is 73.9 cm³/mol. The third kappa shape index (κ3) is 4.66. The van der Waals surface area contributed by atoms with Gasteiger partial charge in [-0.05, 0) is 38.1 Å². The maximum Gasteiger partial charge on any atom is 0.344 e. The highest BCUT2D eigenvalue weighted by Crippen LogP contribution is 2.24. The van der Waals surface area contributed by atoms with E-state index in [1.165, 1.54) is 6.92 Å². The van der Waals surface area contributed by atoms with Gasteiger partial charge in [0.2, 0.25) is 0 Å². The molecular formula is C13H18BrNO3. The first-order chi connectivity index (χ1) is 8.54. The Kier molecular flexibility index (Phi) is 6.15. The Balaban J connectivity index is 2.78. The Hall–Kier alpha value is -1.07. The normalized spacial score (nSPS) is 12.2. The fourth-order valence-corrected chi connectivity index (χ4v) is 1.85. The van der Waals surface area contributed by atoms with Crippen LogP contribution in [0.4, 0.5) is 0 Å². The molecule has 1 rings (SSSR count). The van der Waals surface area contributed by atoms with Crippen molar-refractivity contribution in [2.45, 2.75) is 32.9 Å². The molecule has 1 aromatic rings. The summed E-state index contributed by atoms with van der Waals surface area (Å²) in [5.41, 5.74) is 0.950. The molecule has 18 heavy (non-hydrogen) atoms. The van der Waals surface area contributed by atoms with Crippen LogP contribution < -0.4 is 10.1 Å². The number of carbonyl (C=O) groups is 1. The van der Waals surface area contributed by atoms with E-state index in [4.69, 9.17) is 9.84 Å². The lowest BCUT2D eigenvalue weighted by molar-refractivity contribution is -0.144. The third-order valence-electron chi connectivity index (χ3n) is 2.42. The van der Waals surface area contributed by atoms with Gasteiger partial charge in [0.25, 0.3) is 0 Å². The number of carboxylic acid groups (broad SMARTS) is 1. The monoisotopic (exact) mass is 315 g/mol. The average Bonchev–Trinajstić information content (AvgIpc) is 2.32. The first-order valence-electron chi connectivity index (χ1n) is 5.93. The molecule has 0 aromatic heterocycles. The molecule has 0 aliphatic heterocycles. The lowest BCUT2D eigenvalue weighted by atomic mass is 10.2. The molecule has 0 spiro atoms. The van der Waals surface area contributed by atoms with Crippen LogP contribution in [0.2, 0.25) is 0 Å². The van der Waals surface area contributed by atoms with Gasteiger partial charge in [-0.2, -0.15) is 0 Å². The molecule has 5 heteroatoms. The average molecular weight is 316 g/mol. The van der Waals surface area contributed by atoms with E-state index in [0.717, 1.165) is 23.0 Å². The molecule has 0 amide bonds. The fraction of sp³-hybridized carbons (Fsp3) is 0.462. The quantitative estimate of drug-likeness (QED) is 0.760. The van der Waals surface area contributed by atoms with Gasteiger partial charge in [0.05, 0.1) is 0 Å². The first-order valence-corrected chi connectivity index (χ1v) is 6.72. The summed E-state index contributed by atoms with van der Waals surface area (Å²) in [4.78, 5) is 10.8. The molecule has 0 aliphatic carbocycles. The molecule has 0 bridgehead atoms. The van der Waals surface area contributed by atoms with E-state index < -0.39 is 12.1 Å². The van der Waals surface area contributed by atoms with E-state index in [9.17, 15) is 4.79 Å². The molecular weight excluding hydrogens is 298 g/mol. The number of hydrogen-bond donors (Lipinski definition) is 2. The zero-order valence-corrected chi connectivity index (χ0v) is 12.2. The van der Waals surface area contributed by atoms with Gasteiger partial charge >= 0.3 is 5.97 Å².